The molecule has 0 aromatic heterocycles. The molecule has 0 amide bonds. The molecule has 2 heteroatoms. The first-order chi connectivity index (χ1) is 10.1. The normalized spacial score (nSPS) is 98.6. The first-order valence-electron chi connectivity index (χ1n) is 9.08. The average Bonchev–Trinajstić information content (AvgIpc) is 3.46. The van der Waals surface area contributed by atoms with Gasteiger partial charge in [0.15, 0.2) is 0 Å². The minimum atomic E-state index is -2.73. The van der Waals surface area contributed by atoms with E-state index < -0.39 is 6.51 Å². The van der Waals surface area contributed by atoms with Gasteiger partial charge in [-0.05, 0) is 0 Å². The fourth-order valence-corrected chi connectivity index (χ4v) is 93.8. The van der Waals surface area contributed by atoms with Crippen molar-refractivity contribution >= 4 is 0 Å². The van der Waals surface area contributed by atoms with Gasteiger partial charge < -0.3 is 0 Å². The summed E-state index contributed by atoms with van der Waals surface area (Å²) < 4.78 is 1.13. The molecule has 4 unspecified atom stereocenters. The Balaban J connectivity index is 1.02. The van der Waals surface area contributed by atoms with Crippen LogP contribution in [0.5, 0.6) is 0 Å². The van der Waals surface area contributed by atoms with Gasteiger partial charge in [-0.2, -0.15) is 0 Å². The number of rotatable bonds is 5. The van der Waals surface area contributed by atoms with Crippen molar-refractivity contribution in [3.05, 3.63) is 35.9 Å². The van der Waals surface area contributed by atoms with Crippen molar-refractivity contribution in [2.45, 2.75) is 60.6 Å². The molecule has 10 aliphatic rings. The maximum absolute atomic E-state index is 3.81. The van der Waals surface area contributed by atoms with Crippen molar-refractivity contribution in [1.29, 1.82) is 0 Å². The van der Waals surface area contributed by atoms with Crippen LogP contribution in [0.4, 0.5) is 0 Å². The second-order valence-electron chi connectivity index (χ2n) is 12.2. The van der Waals surface area contributed by atoms with Crippen molar-refractivity contribution in [1.82, 2.24) is 5.32 Å². The molecule has 1 N–H and O–H groups in total. The van der Waals surface area contributed by atoms with Gasteiger partial charge in [0.1, 0.15) is 0 Å². The zero-order chi connectivity index (χ0) is 13.0. The molecular formula is C19H21FeN. The molecule has 21 heavy (non-hydrogen) atoms. The van der Waals surface area contributed by atoms with Gasteiger partial charge in [0.25, 0.3) is 0 Å². The van der Waals surface area contributed by atoms with E-state index in [1.165, 1.54) is 55.5 Å². The average molecular weight is 319 g/mol. The molecule has 1 nitrogen and oxygen atoms in total. The van der Waals surface area contributed by atoms with Gasteiger partial charge >= 0.3 is 115 Å². The summed E-state index contributed by atoms with van der Waals surface area (Å²) >= 11 is 0. The Bertz CT molecular complexity index is 1090. The van der Waals surface area contributed by atoms with Crippen LogP contribution >= 0.6 is 0 Å². The molecule has 10 heterocycles. The predicted octanol–water partition coefficient (Wildman–Crippen LogP) is 4.93. The van der Waals surface area contributed by atoms with Gasteiger partial charge in [0.2, 0.25) is 0 Å². The van der Waals surface area contributed by atoms with Crippen LogP contribution in [0.15, 0.2) is 30.3 Å². The molecule has 0 radical (unpaired) electrons. The van der Waals surface area contributed by atoms with E-state index in [1.54, 1.807) is 6.42 Å². The van der Waals surface area contributed by atoms with Crippen molar-refractivity contribution < 1.29 is 6.51 Å². The van der Waals surface area contributed by atoms with Gasteiger partial charge in [-0.3, -0.25) is 0 Å². The van der Waals surface area contributed by atoms with E-state index in [1.807, 2.05) is 0 Å². The Hall–Kier alpha value is -0.301. The SMILES string of the molecule is c1ccc(CNCC[C]23[CH]4[CH]5[CH]6[CH]2[Fe]56432789[CH]3[CH]2[CH]7[CH]8[CH]39)cc1. The van der Waals surface area contributed by atoms with Crippen LogP contribution in [0.1, 0.15) is 12.0 Å². The van der Waals surface area contributed by atoms with Gasteiger partial charge in [0.05, 0.1) is 0 Å². The van der Waals surface area contributed by atoms with Crippen LogP contribution in [0.3, 0.4) is 0 Å². The molecule has 0 saturated carbocycles. The molecule has 10 aliphatic heterocycles. The molecule has 0 aliphatic carbocycles. The molecule has 1 aromatic rings. The Labute approximate surface area is 115 Å². The van der Waals surface area contributed by atoms with Crippen LogP contribution < -0.4 is 5.32 Å². The van der Waals surface area contributed by atoms with Crippen LogP contribution in [0, 0.1) is 0 Å². The van der Waals surface area contributed by atoms with Crippen molar-refractivity contribution in [2.75, 3.05) is 6.54 Å². The van der Waals surface area contributed by atoms with Gasteiger partial charge in [-0.25, -0.2) is 0 Å². The maximum atomic E-state index is 3.81. The minimum absolute atomic E-state index is 1.09. The van der Waals surface area contributed by atoms with Crippen LogP contribution in [-0.2, 0) is 13.1 Å². The van der Waals surface area contributed by atoms with Crippen molar-refractivity contribution in [2.24, 2.45) is 0 Å². The summed E-state index contributed by atoms with van der Waals surface area (Å²) in [6.45, 7) is -0.309. The zero-order valence-electron chi connectivity index (χ0n) is 12.1. The molecule has 10 fully saturated rings. The summed E-state index contributed by atoms with van der Waals surface area (Å²) in [6.07, 6.45) is 1.63. The third kappa shape index (κ3) is 0.118. The van der Waals surface area contributed by atoms with Gasteiger partial charge in [-0.15, -0.1) is 0 Å². The Kier molecular flexibility index (Phi) is 0.347. The van der Waals surface area contributed by atoms with Crippen LogP contribution in [-0.4, -0.2) is 6.54 Å². The van der Waals surface area contributed by atoms with Gasteiger partial charge in [-0.1, -0.05) is 0 Å². The number of nitrogens with one attached hydrogen (secondary N) is 1. The molecule has 4 atom stereocenters. The number of hydrogen-bond donors (Lipinski definition) is 1. The number of fused-ring (bicyclic) bond motifs is 10. The summed E-state index contributed by atoms with van der Waals surface area (Å²) in [5.74, 6) is 0. The van der Waals surface area contributed by atoms with Crippen LogP contribution in [0.2, 0.25) is 47.7 Å². The molecule has 11 rings (SSSR count). The summed E-state index contributed by atoms with van der Waals surface area (Å²) in [7, 11) is 0. The number of hydrogen-bond acceptors (Lipinski definition) is 1. The number of benzene rings is 1. The van der Waals surface area contributed by atoms with Crippen molar-refractivity contribution in [3.8, 4) is 0 Å². The second-order valence-corrected chi connectivity index (χ2v) is 35.9. The summed E-state index contributed by atoms with van der Waals surface area (Å²) in [4.78, 5) is 13.5. The van der Waals surface area contributed by atoms with E-state index in [0.29, 0.717) is 0 Å². The monoisotopic (exact) mass is 319 g/mol. The first-order valence-corrected chi connectivity index (χ1v) is 15.4. The first kappa shape index (κ1) is 8.52. The molecular weight excluding hydrogens is 298 g/mol. The van der Waals surface area contributed by atoms with E-state index in [2.05, 4.69) is 35.6 Å². The van der Waals surface area contributed by atoms with E-state index in [4.69, 9.17) is 0 Å². The topological polar surface area (TPSA) is 12.0 Å². The predicted molar refractivity (Wildman–Crippen MR) is 79.2 cm³/mol. The fraction of sp³-hybridized carbons (Fsp3) is 0.684. The zero-order valence-corrected chi connectivity index (χ0v) is 13.2. The molecule has 0 bridgehead atoms. The molecule has 1 spiro atoms. The molecule has 1 aromatic carbocycles. The Morgan fingerprint density at radius 2 is 1.48 bits per heavy atom. The third-order valence-electron chi connectivity index (χ3n) is 16.8. The van der Waals surface area contributed by atoms with Crippen LogP contribution in [0.25, 0.3) is 0 Å². The Morgan fingerprint density at radius 1 is 0.857 bits per heavy atom. The van der Waals surface area contributed by atoms with Gasteiger partial charge in [0, 0.05) is 0 Å². The van der Waals surface area contributed by atoms with E-state index in [0.717, 1.165) is 10.9 Å². The fourth-order valence-electron chi connectivity index (χ4n) is 18.5. The summed E-state index contributed by atoms with van der Waals surface area (Å²) in [6, 6.07) is 11.0. The Morgan fingerprint density at radius 3 is 1.95 bits per heavy atom. The molecule has 110 valence electrons. The van der Waals surface area contributed by atoms with E-state index >= 15 is 0 Å². The summed E-state index contributed by atoms with van der Waals surface area (Å²) in [5.41, 5.74) is 1.46. The quantitative estimate of drug-likeness (QED) is 0.600. The summed E-state index contributed by atoms with van der Waals surface area (Å²) in [5, 5.41) is 3.81. The second kappa shape index (κ2) is 0.856. The standard InChI is InChI=1S/C14H16N.C5H5.Fe/c1-2-8-14(9-3-1)12-15-11-10-13-6-4-5-7-13;1-2-4-5-3-1;/h1-9,15H,10-12H2;1-5H;. The van der Waals surface area contributed by atoms with E-state index in [-0.39, 0.29) is 0 Å². The molecule has 10 saturated heterocycles. The third-order valence-corrected chi connectivity index (χ3v) is 59.9. The van der Waals surface area contributed by atoms with Crippen molar-refractivity contribution in [3.63, 3.8) is 0 Å². The van der Waals surface area contributed by atoms with E-state index in [9.17, 15) is 0 Å².